The smallest absolute Gasteiger partial charge is 0.246 e. The van der Waals surface area contributed by atoms with Crippen LogP contribution in [0, 0.1) is 17.8 Å². The molecule has 1 atom stereocenters. The lowest BCUT2D eigenvalue weighted by molar-refractivity contribution is -0.145. The van der Waals surface area contributed by atoms with E-state index < -0.39 is 0 Å². The number of hydrogen-bond donors (Lipinski definition) is 1. The predicted octanol–water partition coefficient (Wildman–Crippen LogP) is 0.917. The maximum Gasteiger partial charge on any atom is 0.246 e. The fourth-order valence-corrected chi connectivity index (χ4v) is 2.82. The van der Waals surface area contributed by atoms with Gasteiger partial charge in [-0.1, -0.05) is 25.2 Å². The van der Waals surface area contributed by atoms with Crippen molar-refractivity contribution in [2.24, 2.45) is 5.92 Å². The Morgan fingerprint density at radius 3 is 2.67 bits per heavy atom. The Labute approximate surface area is 108 Å². The third-order valence-electron chi connectivity index (χ3n) is 3.80. The fourth-order valence-electron chi connectivity index (χ4n) is 2.82. The predicted molar refractivity (Wildman–Crippen MR) is 68.5 cm³/mol. The van der Waals surface area contributed by atoms with Crippen LogP contribution in [0.15, 0.2) is 0 Å². The van der Waals surface area contributed by atoms with Crippen LogP contribution in [0.1, 0.15) is 39.0 Å². The Morgan fingerprint density at radius 2 is 2.00 bits per heavy atom. The first kappa shape index (κ1) is 12.9. The summed E-state index contributed by atoms with van der Waals surface area (Å²) in [5, 5.41) is 2.86. The zero-order valence-corrected chi connectivity index (χ0v) is 10.9. The van der Waals surface area contributed by atoms with Crippen LogP contribution >= 0.6 is 0 Å². The molecule has 4 heteroatoms. The van der Waals surface area contributed by atoms with E-state index in [4.69, 9.17) is 0 Å². The minimum Gasteiger partial charge on any atom is -0.342 e. The van der Waals surface area contributed by atoms with Crippen molar-refractivity contribution in [3.05, 3.63) is 0 Å². The molecule has 98 valence electrons. The van der Waals surface area contributed by atoms with Crippen molar-refractivity contribution in [1.29, 1.82) is 0 Å². The molecular weight excluding hydrogens is 228 g/mol. The molecule has 2 aliphatic rings. The number of nitrogens with zero attached hydrogens (tertiary/aromatic N) is 1. The molecule has 2 amide bonds. The Kier molecular flexibility index (Phi) is 4.24. The summed E-state index contributed by atoms with van der Waals surface area (Å²) in [6.45, 7) is 2.26. The molecule has 0 aromatic carbocycles. The Balaban J connectivity index is 2.05. The third-order valence-corrected chi connectivity index (χ3v) is 3.80. The van der Waals surface area contributed by atoms with Crippen LogP contribution in [0.3, 0.4) is 0 Å². The lowest BCUT2D eigenvalue weighted by atomic mass is 9.82. The molecule has 18 heavy (non-hydrogen) atoms. The van der Waals surface area contributed by atoms with Gasteiger partial charge < -0.3 is 10.2 Å². The highest BCUT2D eigenvalue weighted by Crippen LogP contribution is 2.28. The topological polar surface area (TPSA) is 49.4 Å². The van der Waals surface area contributed by atoms with Gasteiger partial charge in [0.15, 0.2) is 0 Å². The summed E-state index contributed by atoms with van der Waals surface area (Å²) >= 11 is 0. The van der Waals surface area contributed by atoms with Gasteiger partial charge in [-0.25, -0.2) is 0 Å². The molecule has 4 nitrogen and oxygen atoms in total. The van der Waals surface area contributed by atoms with Crippen molar-refractivity contribution in [3.63, 3.8) is 0 Å². The van der Waals surface area contributed by atoms with Crippen molar-refractivity contribution in [3.8, 4) is 11.8 Å². The summed E-state index contributed by atoms with van der Waals surface area (Å²) < 4.78 is 0. The summed E-state index contributed by atoms with van der Waals surface area (Å²) in [6, 6.07) is -0.315. The maximum atomic E-state index is 12.3. The first-order chi connectivity index (χ1) is 8.72. The minimum absolute atomic E-state index is 0.0456. The molecule has 1 aliphatic carbocycles. The summed E-state index contributed by atoms with van der Waals surface area (Å²) in [5.74, 6) is 5.94. The van der Waals surface area contributed by atoms with E-state index in [1.54, 1.807) is 11.8 Å². The highest BCUT2D eigenvalue weighted by atomic mass is 16.2. The van der Waals surface area contributed by atoms with Crippen LogP contribution in [0.25, 0.3) is 0 Å². The molecule has 2 rings (SSSR count). The summed E-state index contributed by atoms with van der Waals surface area (Å²) in [4.78, 5) is 25.6. The van der Waals surface area contributed by atoms with Gasteiger partial charge in [-0.2, -0.15) is 0 Å². The van der Waals surface area contributed by atoms with Crippen molar-refractivity contribution >= 4 is 11.8 Å². The molecule has 2 fully saturated rings. The molecule has 0 spiro atoms. The Hall–Kier alpha value is -1.50. The lowest BCUT2D eigenvalue weighted by Gasteiger charge is -2.37. The normalized spacial score (nSPS) is 25.4. The number of amides is 2. The molecule has 1 unspecified atom stereocenters. The molecule has 1 saturated heterocycles. The van der Waals surface area contributed by atoms with E-state index in [-0.39, 0.29) is 24.4 Å². The van der Waals surface area contributed by atoms with Gasteiger partial charge in [-0.3, -0.25) is 9.59 Å². The monoisotopic (exact) mass is 248 g/mol. The second-order valence-electron chi connectivity index (χ2n) is 5.06. The van der Waals surface area contributed by atoms with Gasteiger partial charge >= 0.3 is 0 Å². The van der Waals surface area contributed by atoms with Crippen molar-refractivity contribution in [2.45, 2.75) is 45.1 Å². The Morgan fingerprint density at radius 1 is 1.28 bits per heavy atom. The van der Waals surface area contributed by atoms with Gasteiger partial charge in [-0.15, -0.1) is 5.92 Å². The molecular formula is C14H20N2O2. The zero-order valence-electron chi connectivity index (χ0n) is 10.9. The number of hydrogen-bond acceptors (Lipinski definition) is 2. The van der Waals surface area contributed by atoms with E-state index in [1.165, 1.54) is 19.3 Å². The van der Waals surface area contributed by atoms with Gasteiger partial charge in [0.2, 0.25) is 11.8 Å². The molecule has 0 aromatic rings. The zero-order chi connectivity index (χ0) is 13.0. The van der Waals surface area contributed by atoms with E-state index in [1.807, 2.05) is 0 Å². The average Bonchev–Trinajstić information content (AvgIpc) is 2.40. The number of rotatable bonds is 2. The molecule has 1 saturated carbocycles. The molecule has 1 N–H and O–H groups in total. The summed E-state index contributed by atoms with van der Waals surface area (Å²) in [7, 11) is 0. The summed E-state index contributed by atoms with van der Waals surface area (Å²) in [6.07, 6.45) is 5.67. The second kappa shape index (κ2) is 5.90. The van der Waals surface area contributed by atoms with Crippen LogP contribution in [0.5, 0.6) is 0 Å². The average molecular weight is 248 g/mol. The number of carbonyl (C=O) groups is 2. The van der Waals surface area contributed by atoms with Crippen molar-refractivity contribution in [1.82, 2.24) is 10.2 Å². The largest absolute Gasteiger partial charge is 0.342 e. The van der Waals surface area contributed by atoms with E-state index in [0.717, 1.165) is 12.8 Å². The first-order valence-electron chi connectivity index (χ1n) is 6.70. The van der Waals surface area contributed by atoms with Crippen molar-refractivity contribution in [2.75, 3.05) is 13.1 Å². The quantitative estimate of drug-likeness (QED) is 0.739. The standard InChI is InChI=1S/C14H20N2O2/c1-2-3-9-16-10-12(17)15-13(14(16)18)11-7-5-4-6-8-11/h11,13H,4-10H2,1H3,(H,15,17). The second-order valence-corrected chi connectivity index (χ2v) is 5.06. The van der Waals surface area contributed by atoms with E-state index in [2.05, 4.69) is 17.2 Å². The van der Waals surface area contributed by atoms with Crippen LogP contribution in [0.4, 0.5) is 0 Å². The van der Waals surface area contributed by atoms with Crippen LogP contribution < -0.4 is 5.32 Å². The SMILES string of the molecule is CC#CCN1CC(=O)NC(C2CCCCC2)C1=O. The van der Waals surface area contributed by atoms with Crippen LogP contribution in [0.2, 0.25) is 0 Å². The first-order valence-corrected chi connectivity index (χ1v) is 6.70. The third kappa shape index (κ3) is 2.84. The maximum absolute atomic E-state index is 12.3. The fraction of sp³-hybridized carbons (Fsp3) is 0.714. The van der Waals surface area contributed by atoms with E-state index in [9.17, 15) is 9.59 Å². The number of carbonyl (C=O) groups excluding carboxylic acids is 2. The molecule has 0 radical (unpaired) electrons. The van der Waals surface area contributed by atoms with Gasteiger partial charge in [0.05, 0.1) is 6.54 Å². The van der Waals surface area contributed by atoms with Crippen LogP contribution in [-0.2, 0) is 9.59 Å². The summed E-state index contributed by atoms with van der Waals surface area (Å²) in [5.41, 5.74) is 0. The molecule has 0 bridgehead atoms. The van der Waals surface area contributed by atoms with E-state index in [0.29, 0.717) is 12.5 Å². The minimum atomic E-state index is -0.315. The van der Waals surface area contributed by atoms with E-state index >= 15 is 0 Å². The Bertz CT molecular complexity index is 388. The molecule has 1 aliphatic heterocycles. The lowest BCUT2D eigenvalue weighted by Crippen LogP contribution is -2.60. The highest BCUT2D eigenvalue weighted by molar-refractivity contribution is 5.95. The molecule has 1 heterocycles. The van der Waals surface area contributed by atoms with Crippen molar-refractivity contribution < 1.29 is 9.59 Å². The number of piperazine rings is 1. The highest BCUT2D eigenvalue weighted by Gasteiger charge is 2.37. The van der Waals surface area contributed by atoms with Crippen LogP contribution in [-0.4, -0.2) is 35.8 Å². The number of nitrogens with one attached hydrogen (secondary N) is 1. The van der Waals surface area contributed by atoms with Gasteiger partial charge in [0, 0.05) is 0 Å². The van der Waals surface area contributed by atoms with Gasteiger partial charge in [0.1, 0.15) is 12.6 Å². The van der Waals surface area contributed by atoms with Gasteiger partial charge in [0.25, 0.3) is 0 Å². The van der Waals surface area contributed by atoms with Gasteiger partial charge in [-0.05, 0) is 25.7 Å². The molecule has 0 aromatic heterocycles.